The Labute approximate surface area is 65.3 Å². The van der Waals surface area contributed by atoms with E-state index in [1.807, 2.05) is 0 Å². The summed E-state index contributed by atoms with van der Waals surface area (Å²) >= 11 is 3.49. The van der Waals surface area contributed by atoms with E-state index < -0.39 is 0 Å². The maximum atomic E-state index is 3.49. The third kappa shape index (κ3) is 1.47. The lowest BCUT2D eigenvalue weighted by Gasteiger charge is -2.24. The molecule has 1 heterocycles. The van der Waals surface area contributed by atoms with Crippen molar-refractivity contribution in [2.75, 3.05) is 11.9 Å². The number of rotatable bonds is 1. The van der Waals surface area contributed by atoms with Crippen molar-refractivity contribution >= 4 is 15.9 Å². The van der Waals surface area contributed by atoms with Crippen molar-refractivity contribution < 1.29 is 0 Å². The molecular formula is C7H14BrN. The lowest BCUT2D eigenvalue weighted by atomic mass is 9.86. The molecule has 0 aromatic heterocycles. The van der Waals surface area contributed by atoms with Gasteiger partial charge in [-0.2, -0.15) is 0 Å². The SMILES string of the molecule is CC1(C)CCNC1CBr. The average Bonchev–Trinajstić information content (AvgIpc) is 2.08. The second kappa shape index (κ2) is 2.59. The van der Waals surface area contributed by atoms with Gasteiger partial charge in [-0.1, -0.05) is 29.8 Å². The average molecular weight is 192 g/mol. The van der Waals surface area contributed by atoms with Crippen molar-refractivity contribution in [2.24, 2.45) is 5.41 Å². The van der Waals surface area contributed by atoms with Gasteiger partial charge in [0.25, 0.3) is 0 Å². The molecule has 0 amide bonds. The first-order chi connectivity index (χ1) is 4.17. The van der Waals surface area contributed by atoms with E-state index in [0.29, 0.717) is 11.5 Å². The van der Waals surface area contributed by atoms with Crippen molar-refractivity contribution in [3.05, 3.63) is 0 Å². The van der Waals surface area contributed by atoms with Gasteiger partial charge in [-0.25, -0.2) is 0 Å². The van der Waals surface area contributed by atoms with E-state index in [4.69, 9.17) is 0 Å². The molecule has 1 rings (SSSR count). The fraction of sp³-hybridized carbons (Fsp3) is 1.00. The van der Waals surface area contributed by atoms with Crippen LogP contribution in [0.3, 0.4) is 0 Å². The van der Waals surface area contributed by atoms with Crippen LogP contribution in [0.25, 0.3) is 0 Å². The molecule has 0 spiro atoms. The van der Waals surface area contributed by atoms with Crippen molar-refractivity contribution in [3.8, 4) is 0 Å². The second-order valence-electron chi connectivity index (χ2n) is 3.40. The predicted octanol–water partition coefficient (Wildman–Crippen LogP) is 1.77. The van der Waals surface area contributed by atoms with Gasteiger partial charge in [-0.05, 0) is 18.4 Å². The van der Waals surface area contributed by atoms with Gasteiger partial charge in [0.05, 0.1) is 0 Å². The van der Waals surface area contributed by atoms with E-state index in [0.717, 1.165) is 5.33 Å². The third-order valence-corrected chi connectivity index (χ3v) is 2.91. The maximum absolute atomic E-state index is 3.49. The highest BCUT2D eigenvalue weighted by atomic mass is 79.9. The highest BCUT2D eigenvalue weighted by Gasteiger charge is 2.32. The quantitative estimate of drug-likeness (QED) is 0.624. The van der Waals surface area contributed by atoms with Crippen LogP contribution in [0.2, 0.25) is 0 Å². The zero-order valence-electron chi connectivity index (χ0n) is 6.08. The van der Waals surface area contributed by atoms with Gasteiger partial charge in [-0.3, -0.25) is 0 Å². The molecule has 0 aromatic rings. The lowest BCUT2D eigenvalue weighted by Crippen LogP contribution is -2.33. The first-order valence-corrected chi connectivity index (χ1v) is 4.58. The van der Waals surface area contributed by atoms with Crippen molar-refractivity contribution in [1.29, 1.82) is 0 Å². The van der Waals surface area contributed by atoms with Crippen LogP contribution >= 0.6 is 15.9 Å². The molecule has 1 atom stereocenters. The zero-order valence-corrected chi connectivity index (χ0v) is 7.66. The minimum atomic E-state index is 0.503. The van der Waals surface area contributed by atoms with Crippen LogP contribution in [0.1, 0.15) is 20.3 Å². The Morgan fingerprint density at radius 1 is 1.67 bits per heavy atom. The van der Waals surface area contributed by atoms with Crippen LogP contribution in [0.15, 0.2) is 0 Å². The van der Waals surface area contributed by atoms with Crippen molar-refractivity contribution in [3.63, 3.8) is 0 Å². The highest BCUT2D eigenvalue weighted by Crippen LogP contribution is 2.30. The monoisotopic (exact) mass is 191 g/mol. The summed E-state index contributed by atoms with van der Waals surface area (Å²) in [5, 5.41) is 4.53. The summed E-state index contributed by atoms with van der Waals surface area (Å²) in [5.74, 6) is 0. The molecule has 0 saturated carbocycles. The molecule has 0 aromatic carbocycles. The van der Waals surface area contributed by atoms with Crippen LogP contribution in [0.4, 0.5) is 0 Å². The van der Waals surface area contributed by atoms with Gasteiger partial charge in [0.1, 0.15) is 0 Å². The Balaban J connectivity index is 2.52. The van der Waals surface area contributed by atoms with Crippen LogP contribution < -0.4 is 5.32 Å². The summed E-state index contributed by atoms with van der Waals surface area (Å²) in [5.41, 5.74) is 0.503. The Kier molecular flexibility index (Phi) is 2.17. The molecule has 1 saturated heterocycles. The summed E-state index contributed by atoms with van der Waals surface area (Å²) in [6, 6.07) is 0.678. The van der Waals surface area contributed by atoms with E-state index in [2.05, 4.69) is 35.1 Å². The van der Waals surface area contributed by atoms with E-state index in [-0.39, 0.29) is 0 Å². The molecule has 1 aliphatic heterocycles. The number of hydrogen-bond acceptors (Lipinski definition) is 1. The van der Waals surface area contributed by atoms with Crippen LogP contribution in [0, 0.1) is 5.41 Å². The molecule has 1 unspecified atom stereocenters. The lowest BCUT2D eigenvalue weighted by molar-refractivity contribution is 0.338. The van der Waals surface area contributed by atoms with Gasteiger partial charge in [-0.15, -0.1) is 0 Å². The molecule has 0 radical (unpaired) electrons. The molecule has 0 bridgehead atoms. The summed E-state index contributed by atoms with van der Waals surface area (Å²) in [6.07, 6.45) is 1.31. The van der Waals surface area contributed by atoms with E-state index in [9.17, 15) is 0 Å². The molecule has 9 heavy (non-hydrogen) atoms. The normalized spacial score (nSPS) is 33.0. The molecule has 54 valence electrons. The topological polar surface area (TPSA) is 12.0 Å². The van der Waals surface area contributed by atoms with Crippen molar-refractivity contribution in [1.82, 2.24) is 5.32 Å². The fourth-order valence-electron chi connectivity index (χ4n) is 1.28. The van der Waals surface area contributed by atoms with Gasteiger partial charge < -0.3 is 5.32 Å². The smallest absolute Gasteiger partial charge is 0.0216 e. The minimum Gasteiger partial charge on any atom is -0.313 e. The number of hydrogen-bond donors (Lipinski definition) is 1. The molecule has 1 N–H and O–H groups in total. The van der Waals surface area contributed by atoms with E-state index in [1.165, 1.54) is 13.0 Å². The first kappa shape index (κ1) is 7.55. The Morgan fingerprint density at radius 3 is 2.56 bits per heavy atom. The Bertz CT molecular complexity index is 101. The Morgan fingerprint density at radius 2 is 2.33 bits per heavy atom. The van der Waals surface area contributed by atoms with Crippen LogP contribution in [0.5, 0.6) is 0 Å². The van der Waals surface area contributed by atoms with Gasteiger partial charge in [0.2, 0.25) is 0 Å². The molecule has 1 fully saturated rings. The first-order valence-electron chi connectivity index (χ1n) is 3.46. The summed E-state index contributed by atoms with van der Waals surface area (Å²) < 4.78 is 0. The second-order valence-corrected chi connectivity index (χ2v) is 4.05. The molecular weight excluding hydrogens is 178 g/mol. The third-order valence-electron chi connectivity index (χ3n) is 2.26. The van der Waals surface area contributed by atoms with Crippen LogP contribution in [-0.4, -0.2) is 17.9 Å². The summed E-state index contributed by atoms with van der Waals surface area (Å²) in [6.45, 7) is 5.82. The number of halogens is 1. The van der Waals surface area contributed by atoms with E-state index in [1.54, 1.807) is 0 Å². The summed E-state index contributed by atoms with van der Waals surface area (Å²) in [7, 11) is 0. The largest absolute Gasteiger partial charge is 0.313 e. The highest BCUT2D eigenvalue weighted by molar-refractivity contribution is 9.09. The maximum Gasteiger partial charge on any atom is 0.0216 e. The molecule has 2 heteroatoms. The summed E-state index contributed by atoms with van der Waals surface area (Å²) in [4.78, 5) is 0. The fourth-order valence-corrected chi connectivity index (χ4v) is 2.39. The Hall–Kier alpha value is 0.440. The zero-order chi connectivity index (χ0) is 6.91. The van der Waals surface area contributed by atoms with Gasteiger partial charge >= 0.3 is 0 Å². The van der Waals surface area contributed by atoms with Crippen LogP contribution in [-0.2, 0) is 0 Å². The molecule has 1 nitrogen and oxygen atoms in total. The number of alkyl halides is 1. The predicted molar refractivity (Wildman–Crippen MR) is 44.0 cm³/mol. The van der Waals surface area contributed by atoms with Gasteiger partial charge in [0, 0.05) is 11.4 Å². The van der Waals surface area contributed by atoms with E-state index >= 15 is 0 Å². The number of nitrogens with one attached hydrogen (secondary N) is 1. The standard InChI is InChI=1S/C7H14BrN/c1-7(2)3-4-9-6(7)5-8/h6,9H,3-5H2,1-2H3. The molecule has 0 aliphatic carbocycles. The van der Waals surface area contributed by atoms with Gasteiger partial charge in [0.15, 0.2) is 0 Å². The minimum absolute atomic E-state index is 0.503. The van der Waals surface area contributed by atoms with Crippen molar-refractivity contribution in [2.45, 2.75) is 26.3 Å². The molecule has 1 aliphatic rings.